The van der Waals surface area contributed by atoms with Gasteiger partial charge < -0.3 is 14.5 Å². The molecule has 0 aliphatic heterocycles. The Balaban J connectivity index is 2.50. The molecule has 1 aromatic carbocycles. The molecular formula is C12H12N2O2S. The molecule has 0 unspecified atom stereocenters. The van der Waals surface area contributed by atoms with Crippen LogP contribution in [0.5, 0.6) is 11.5 Å². The van der Waals surface area contributed by atoms with Crippen molar-refractivity contribution in [1.82, 2.24) is 9.97 Å². The van der Waals surface area contributed by atoms with Crippen LogP contribution < -0.4 is 9.47 Å². The van der Waals surface area contributed by atoms with E-state index in [9.17, 15) is 0 Å². The third-order valence-corrected chi connectivity index (χ3v) is 2.54. The number of aromatic amines is 1. The molecule has 2 aromatic rings. The summed E-state index contributed by atoms with van der Waals surface area (Å²) in [7, 11) is 3.23. The molecule has 4 nitrogen and oxygen atoms in total. The normalized spacial score (nSPS) is 10.0. The molecule has 0 aliphatic carbocycles. The third kappa shape index (κ3) is 2.62. The van der Waals surface area contributed by atoms with E-state index in [0.717, 1.165) is 22.8 Å². The number of nitrogens with one attached hydrogen (secondary N) is 1. The smallest absolute Gasteiger partial charge is 0.123 e. The van der Waals surface area contributed by atoms with Crippen LogP contribution in [0.1, 0.15) is 0 Å². The van der Waals surface area contributed by atoms with Crippen molar-refractivity contribution in [2.24, 2.45) is 0 Å². The second kappa shape index (κ2) is 4.97. The number of rotatable bonds is 3. The standard InChI is InChI=1S/C12H12N2O2S/c1-15-9-3-8(4-10(5-9)16-2)11-6-14-12(17)7-13-11/h3-7H,1-2H3,(H,14,17). The van der Waals surface area contributed by atoms with Crippen LogP contribution in [0.2, 0.25) is 0 Å². The number of methoxy groups -OCH3 is 2. The van der Waals surface area contributed by atoms with Gasteiger partial charge in [0.15, 0.2) is 0 Å². The van der Waals surface area contributed by atoms with E-state index in [4.69, 9.17) is 21.7 Å². The van der Waals surface area contributed by atoms with Crippen LogP contribution >= 0.6 is 12.2 Å². The van der Waals surface area contributed by atoms with Crippen molar-refractivity contribution < 1.29 is 9.47 Å². The molecule has 0 atom stereocenters. The Morgan fingerprint density at radius 2 is 1.76 bits per heavy atom. The Kier molecular flexibility index (Phi) is 3.39. The highest BCUT2D eigenvalue weighted by atomic mass is 32.1. The van der Waals surface area contributed by atoms with Crippen molar-refractivity contribution in [2.45, 2.75) is 0 Å². The van der Waals surface area contributed by atoms with E-state index >= 15 is 0 Å². The Morgan fingerprint density at radius 1 is 1.12 bits per heavy atom. The summed E-state index contributed by atoms with van der Waals surface area (Å²) in [4.78, 5) is 7.20. The zero-order valence-corrected chi connectivity index (χ0v) is 10.4. The lowest BCUT2D eigenvalue weighted by atomic mass is 10.1. The molecule has 17 heavy (non-hydrogen) atoms. The maximum Gasteiger partial charge on any atom is 0.123 e. The van der Waals surface area contributed by atoms with Crippen LogP contribution in [0, 0.1) is 4.64 Å². The second-order valence-corrected chi connectivity index (χ2v) is 3.84. The first-order valence-corrected chi connectivity index (χ1v) is 5.42. The summed E-state index contributed by atoms with van der Waals surface area (Å²) in [5.41, 5.74) is 1.70. The molecule has 88 valence electrons. The second-order valence-electron chi connectivity index (χ2n) is 3.40. The molecule has 0 aliphatic rings. The first-order valence-electron chi connectivity index (χ1n) is 5.01. The van der Waals surface area contributed by atoms with Crippen molar-refractivity contribution >= 4 is 12.2 Å². The van der Waals surface area contributed by atoms with Gasteiger partial charge in [-0.05, 0) is 12.1 Å². The van der Waals surface area contributed by atoms with Gasteiger partial charge in [-0.1, -0.05) is 12.2 Å². The molecule has 1 aromatic heterocycles. The molecule has 5 heteroatoms. The van der Waals surface area contributed by atoms with Gasteiger partial charge in [-0.3, -0.25) is 4.98 Å². The van der Waals surface area contributed by atoms with Crippen LogP contribution in [0.4, 0.5) is 0 Å². The average molecular weight is 248 g/mol. The minimum absolute atomic E-state index is 0.601. The summed E-state index contributed by atoms with van der Waals surface area (Å²) in [5.74, 6) is 1.45. The van der Waals surface area contributed by atoms with Crippen LogP contribution in [0.3, 0.4) is 0 Å². The van der Waals surface area contributed by atoms with Gasteiger partial charge in [-0.15, -0.1) is 0 Å². The van der Waals surface area contributed by atoms with Crippen LogP contribution in [-0.2, 0) is 0 Å². The van der Waals surface area contributed by atoms with Crippen molar-refractivity contribution in [3.63, 3.8) is 0 Å². The Morgan fingerprint density at radius 3 is 2.24 bits per heavy atom. The number of nitrogens with zero attached hydrogens (tertiary/aromatic N) is 1. The monoisotopic (exact) mass is 248 g/mol. The zero-order chi connectivity index (χ0) is 12.3. The van der Waals surface area contributed by atoms with Crippen molar-refractivity contribution in [2.75, 3.05) is 14.2 Å². The number of hydrogen-bond acceptors (Lipinski definition) is 4. The number of H-pyrrole nitrogens is 1. The number of hydrogen-bond donors (Lipinski definition) is 1. The third-order valence-electron chi connectivity index (χ3n) is 2.32. The number of aromatic nitrogens is 2. The highest BCUT2D eigenvalue weighted by molar-refractivity contribution is 7.71. The van der Waals surface area contributed by atoms with Crippen LogP contribution in [-0.4, -0.2) is 24.2 Å². The fourth-order valence-corrected chi connectivity index (χ4v) is 1.57. The van der Waals surface area contributed by atoms with Gasteiger partial charge in [-0.2, -0.15) is 0 Å². The van der Waals surface area contributed by atoms with Gasteiger partial charge in [0.1, 0.15) is 16.1 Å². The molecule has 1 N–H and O–H groups in total. The lowest BCUT2D eigenvalue weighted by Gasteiger charge is -2.07. The fourth-order valence-electron chi connectivity index (χ4n) is 1.46. The van der Waals surface area contributed by atoms with Crippen molar-refractivity contribution in [3.8, 4) is 22.8 Å². The largest absolute Gasteiger partial charge is 0.497 e. The van der Waals surface area contributed by atoms with E-state index in [1.807, 2.05) is 18.2 Å². The zero-order valence-electron chi connectivity index (χ0n) is 9.56. The summed E-state index contributed by atoms with van der Waals surface area (Å²) in [5, 5.41) is 0. The molecule has 0 saturated carbocycles. The Bertz CT molecular complexity index is 538. The molecular weight excluding hydrogens is 236 g/mol. The molecule has 0 fully saturated rings. The first kappa shape index (κ1) is 11.6. The van der Waals surface area contributed by atoms with Crippen LogP contribution in [0.25, 0.3) is 11.3 Å². The molecule has 0 spiro atoms. The van der Waals surface area contributed by atoms with E-state index in [-0.39, 0.29) is 0 Å². The summed E-state index contributed by atoms with van der Waals surface area (Å²) >= 11 is 4.95. The summed E-state index contributed by atoms with van der Waals surface area (Å²) in [6, 6.07) is 5.60. The molecule has 0 saturated heterocycles. The van der Waals surface area contributed by atoms with Gasteiger partial charge in [0.05, 0.1) is 26.1 Å². The molecule has 0 bridgehead atoms. The van der Waals surface area contributed by atoms with E-state index < -0.39 is 0 Å². The fraction of sp³-hybridized carbons (Fsp3) is 0.167. The lowest BCUT2D eigenvalue weighted by Crippen LogP contribution is -1.90. The van der Waals surface area contributed by atoms with E-state index in [0.29, 0.717) is 4.64 Å². The maximum absolute atomic E-state index is 5.20. The molecule has 0 amide bonds. The molecule has 1 heterocycles. The first-order chi connectivity index (χ1) is 8.22. The maximum atomic E-state index is 5.20. The van der Waals surface area contributed by atoms with Crippen molar-refractivity contribution in [1.29, 1.82) is 0 Å². The van der Waals surface area contributed by atoms with Gasteiger partial charge >= 0.3 is 0 Å². The molecule has 2 rings (SSSR count). The number of benzene rings is 1. The summed E-state index contributed by atoms with van der Waals surface area (Å²) < 4.78 is 11.0. The quantitative estimate of drug-likeness (QED) is 0.848. The topological polar surface area (TPSA) is 47.1 Å². The SMILES string of the molecule is COc1cc(OC)cc(-c2c[nH]c(=S)cn2)c1. The Hall–Kier alpha value is -1.88. The lowest BCUT2D eigenvalue weighted by molar-refractivity contribution is 0.394. The van der Waals surface area contributed by atoms with Gasteiger partial charge in [0.2, 0.25) is 0 Å². The van der Waals surface area contributed by atoms with Crippen LogP contribution in [0.15, 0.2) is 30.6 Å². The number of ether oxygens (including phenoxy) is 2. The predicted molar refractivity (Wildman–Crippen MR) is 68.0 cm³/mol. The highest BCUT2D eigenvalue weighted by Crippen LogP contribution is 2.28. The van der Waals surface area contributed by atoms with E-state index in [1.54, 1.807) is 26.6 Å². The average Bonchev–Trinajstić information content (AvgIpc) is 2.39. The van der Waals surface area contributed by atoms with E-state index in [2.05, 4.69) is 9.97 Å². The predicted octanol–water partition coefficient (Wildman–Crippen LogP) is 2.82. The summed E-state index contributed by atoms with van der Waals surface area (Å²) in [6.07, 6.45) is 3.37. The highest BCUT2D eigenvalue weighted by Gasteiger charge is 2.04. The van der Waals surface area contributed by atoms with Gasteiger partial charge in [0, 0.05) is 17.8 Å². The minimum atomic E-state index is 0.601. The van der Waals surface area contributed by atoms with Gasteiger partial charge in [-0.25, -0.2) is 0 Å². The van der Waals surface area contributed by atoms with E-state index in [1.165, 1.54) is 0 Å². The summed E-state index contributed by atoms with van der Waals surface area (Å²) in [6.45, 7) is 0. The van der Waals surface area contributed by atoms with Crippen molar-refractivity contribution in [3.05, 3.63) is 35.2 Å². The minimum Gasteiger partial charge on any atom is -0.497 e. The molecule has 0 radical (unpaired) electrons. The van der Waals surface area contributed by atoms with Gasteiger partial charge in [0.25, 0.3) is 0 Å². The Labute approximate surface area is 104 Å².